The van der Waals surface area contributed by atoms with Crippen molar-refractivity contribution in [1.82, 2.24) is 0 Å². The van der Waals surface area contributed by atoms with Crippen LogP contribution in [0.15, 0.2) is 48.5 Å². The Kier molecular flexibility index (Phi) is 5.16. The average Bonchev–Trinajstić information content (AvgIpc) is 2.50. The molecule has 0 aliphatic rings. The van der Waals surface area contributed by atoms with Crippen LogP contribution in [-0.4, -0.2) is 12.6 Å². The zero-order valence-electron chi connectivity index (χ0n) is 13.6. The van der Waals surface area contributed by atoms with Crippen molar-refractivity contribution >= 4 is 17.1 Å². The van der Waals surface area contributed by atoms with E-state index in [1.807, 2.05) is 57.2 Å². The molecule has 0 amide bonds. The highest BCUT2D eigenvalue weighted by molar-refractivity contribution is 6.24. The predicted octanol–water partition coefficient (Wildman–Crippen LogP) is 4.80. The first-order chi connectivity index (χ1) is 10.5. The van der Waals surface area contributed by atoms with Gasteiger partial charge in [-0.25, -0.2) is 4.79 Å². The summed E-state index contributed by atoms with van der Waals surface area (Å²) < 4.78 is 5.26. The molecule has 0 aromatic heterocycles. The molecule has 0 aliphatic heterocycles. The molecule has 2 nitrogen and oxygen atoms in total. The van der Waals surface area contributed by atoms with Gasteiger partial charge < -0.3 is 4.74 Å². The molecule has 2 heteroatoms. The van der Waals surface area contributed by atoms with E-state index in [1.54, 1.807) is 0 Å². The number of ether oxygens (including phenoxy) is 1. The summed E-state index contributed by atoms with van der Waals surface area (Å²) in [6.07, 6.45) is 0. The largest absolute Gasteiger partial charge is 0.462 e. The van der Waals surface area contributed by atoms with E-state index in [4.69, 9.17) is 4.74 Å². The molecule has 0 bridgehead atoms. The van der Waals surface area contributed by atoms with E-state index < -0.39 is 0 Å². The van der Waals surface area contributed by atoms with Crippen molar-refractivity contribution in [3.8, 4) is 0 Å². The molecule has 0 saturated heterocycles. The fourth-order valence-electron chi connectivity index (χ4n) is 2.36. The van der Waals surface area contributed by atoms with Crippen LogP contribution in [0.4, 0.5) is 0 Å². The zero-order chi connectivity index (χ0) is 16.1. The summed E-state index contributed by atoms with van der Waals surface area (Å²) in [4.78, 5) is 12.4. The van der Waals surface area contributed by atoms with Crippen LogP contribution in [0, 0.1) is 13.8 Å². The molecule has 2 aromatic carbocycles. The molecule has 0 aliphatic carbocycles. The van der Waals surface area contributed by atoms with Crippen molar-refractivity contribution in [1.29, 1.82) is 0 Å². The fourth-order valence-corrected chi connectivity index (χ4v) is 2.36. The van der Waals surface area contributed by atoms with Crippen molar-refractivity contribution < 1.29 is 9.53 Å². The van der Waals surface area contributed by atoms with Gasteiger partial charge in [0, 0.05) is 0 Å². The Labute approximate surface area is 132 Å². The Morgan fingerprint density at radius 3 is 1.77 bits per heavy atom. The van der Waals surface area contributed by atoms with E-state index in [9.17, 15) is 4.79 Å². The number of carbonyl (C=O) groups is 1. The number of benzene rings is 2. The van der Waals surface area contributed by atoms with Crippen molar-refractivity contribution in [2.75, 3.05) is 6.61 Å². The van der Waals surface area contributed by atoms with Gasteiger partial charge in [0.1, 0.15) is 0 Å². The number of esters is 1. The van der Waals surface area contributed by atoms with Crippen molar-refractivity contribution in [3.05, 3.63) is 70.8 Å². The first-order valence-electron chi connectivity index (χ1n) is 7.55. The fraction of sp³-hybridized carbons (Fsp3) is 0.250. The lowest BCUT2D eigenvalue weighted by molar-refractivity contribution is -0.136. The number of aryl methyl sites for hydroxylation is 2. The van der Waals surface area contributed by atoms with Crippen LogP contribution >= 0.6 is 0 Å². The van der Waals surface area contributed by atoms with Gasteiger partial charge in [0.2, 0.25) is 0 Å². The maximum absolute atomic E-state index is 12.4. The van der Waals surface area contributed by atoms with E-state index >= 15 is 0 Å². The van der Waals surface area contributed by atoms with E-state index in [2.05, 4.69) is 19.1 Å². The van der Waals surface area contributed by atoms with Crippen LogP contribution in [0.2, 0.25) is 0 Å². The van der Waals surface area contributed by atoms with Crippen molar-refractivity contribution in [3.63, 3.8) is 0 Å². The van der Waals surface area contributed by atoms with Crippen molar-refractivity contribution in [2.45, 2.75) is 27.7 Å². The van der Waals surface area contributed by atoms with Gasteiger partial charge in [-0.15, -0.1) is 0 Å². The van der Waals surface area contributed by atoms with E-state index in [0.717, 1.165) is 16.7 Å². The van der Waals surface area contributed by atoms with Gasteiger partial charge in [0.05, 0.1) is 12.2 Å². The maximum atomic E-state index is 12.4. The lowest BCUT2D eigenvalue weighted by Crippen LogP contribution is -2.08. The third-order valence-electron chi connectivity index (χ3n) is 3.68. The zero-order valence-corrected chi connectivity index (χ0v) is 13.6. The molecule has 114 valence electrons. The molecule has 2 rings (SSSR count). The molecule has 0 spiro atoms. The van der Waals surface area contributed by atoms with Crippen LogP contribution in [-0.2, 0) is 9.53 Å². The Morgan fingerprint density at radius 1 is 0.864 bits per heavy atom. The lowest BCUT2D eigenvalue weighted by Gasteiger charge is -2.13. The highest BCUT2D eigenvalue weighted by Gasteiger charge is 2.17. The summed E-state index contributed by atoms with van der Waals surface area (Å²) in [5.74, 6) is -0.274. The highest BCUT2D eigenvalue weighted by Crippen LogP contribution is 2.27. The Bertz CT molecular complexity index is 677. The summed E-state index contributed by atoms with van der Waals surface area (Å²) >= 11 is 0. The number of hydrogen-bond acceptors (Lipinski definition) is 2. The number of hydrogen-bond donors (Lipinski definition) is 0. The van der Waals surface area contributed by atoms with Gasteiger partial charge >= 0.3 is 5.97 Å². The molecular formula is C20H22O2. The molecule has 0 radical (unpaired) electrons. The molecule has 0 atom stereocenters. The third kappa shape index (κ3) is 3.64. The molecule has 0 saturated carbocycles. The molecule has 22 heavy (non-hydrogen) atoms. The molecule has 0 heterocycles. The quantitative estimate of drug-likeness (QED) is 0.460. The molecule has 0 N–H and O–H groups in total. The summed E-state index contributed by atoms with van der Waals surface area (Å²) in [6.45, 7) is 8.25. The second kappa shape index (κ2) is 7.08. The first kappa shape index (κ1) is 16.0. The Hall–Kier alpha value is -2.35. The summed E-state index contributed by atoms with van der Waals surface area (Å²) in [6, 6.07) is 16.1. The van der Waals surface area contributed by atoms with Gasteiger partial charge in [0.15, 0.2) is 0 Å². The van der Waals surface area contributed by atoms with E-state index in [-0.39, 0.29) is 5.97 Å². The van der Waals surface area contributed by atoms with Crippen LogP contribution in [0.5, 0.6) is 0 Å². The third-order valence-corrected chi connectivity index (χ3v) is 3.68. The van der Waals surface area contributed by atoms with Crippen LogP contribution in [0.25, 0.3) is 11.1 Å². The van der Waals surface area contributed by atoms with Crippen LogP contribution in [0.3, 0.4) is 0 Å². The Morgan fingerprint density at radius 2 is 1.32 bits per heavy atom. The Balaban J connectivity index is 2.55. The van der Waals surface area contributed by atoms with Crippen LogP contribution < -0.4 is 0 Å². The minimum atomic E-state index is -0.274. The minimum Gasteiger partial charge on any atom is -0.462 e. The number of rotatable bonds is 4. The first-order valence-corrected chi connectivity index (χ1v) is 7.55. The second-order valence-corrected chi connectivity index (χ2v) is 5.45. The van der Waals surface area contributed by atoms with Gasteiger partial charge in [0.25, 0.3) is 0 Å². The summed E-state index contributed by atoms with van der Waals surface area (Å²) in [7, 11) is 0. The molecule has 2 aromatic rings. The van der Waals surface area contributed by atoms with E-state index in [1.165, 1.54) is 11.1 Å². The molecule has 0 fully saturated rings. The smallest absolute Gasteiger partial charge is 0.339 e. The second-order valence-electron chi connectivity index (χ2n) is 5.45. The van der Waals surface area contributed by atoms with Crippen molar-refractivity contribution in [2.24, 2.45) is 0 Å². The maximum Gasteiger partial charge on any atom is 0.339 e. The summed E-state index contributed by atoms with van der Waals surface area (Å²) in [5, 5.41) is 0. The average molecular weight is 294 g/mol. The molecular weight excluding hydrogens is 272 g/mol. The monoisotopic (exact) mass is 294 g/mol. The standard InChI is InChI=1S/C20H22O2/c1-5-22-20(21)19(18-12-8-15(3)9-13-18)16(4)17-10-6-14(2)7-11-17/h6-13H,5H2,1-4H3/b19-16-. The normalized spacial score (nSPS) is 11.8. The number of allylic oxidation sites excluding steroid dienone is 1. The minimum absolute atomic E-state index is 0.274. The van der Waals surface area contributed by atoms with Gasteiger partial charge in [-0.05, 0) is 44.4 Å². The van der Waals surface area contributed by atoms with Gasteiger partial charge in [-0.2, -0.15) is 0 Å². The predicted molar refractivity (Wildman–Crippen MR) is 91.5 cm³/mol. The lowest BCUT2D eigenvalue weighted by atomic mass is 9.95. The summed E-state index contributed by atoms with van der Waals surface area (Å²) in [5.41, 5.74) is 5.86. The number of carbonyl (C=O) groups excluding carboxylic acids is 1. The van der Waals surface area contributed by atoms with Gasteiger partial charge in [-0.1, -0.05) is 59.7 Å². The highest BCUT2D eigenvalue weighted by atomic mass is 16.5. The van der Waals surface area contributed by atoms with E-state index in [0.29, 0.717) is 12.2 Å². The topological polar surface area (TPSA) is 26.3 Å². The van der Waals surface area contributed by atoms with Crippen LogP contribution in [0.1, 0.15) is 36.1 Å². The molecule has 0 unspecified atom stereocenters. The van der Waals surface area contributed by atoms with Gasteiger partial charge in [-0.3, -0.25) is 0 Å². The SMILES string of the molecule is CCOC(=O)/C(=C(/C)c1ccc(C)cc1)c1ccc(C)cc1.